The van der Waals surface area contributed by atoms with Gasteiger partial charge in [-0.2, -0.15) is 0 Å². The predicted molar refractivity (Wildman–Crippen MR) is 143 cm³/mol. The molecular formula is C29H44O10. The van der Waals surface area contributed by atoms with E-state index in [9.17, 15) is 9.59 Å². The molecule has 0 bridgehead atoms. The Morgan fingerprint density at radius 1 is 0.923 bits per heavy atom. The summed E-state index contributed by atoms with van der Waals surface area (Å²) < 4.78 is 45.4. The van der Waals surface area contributed by atoms with Crippen molar-refractivity contribution >= 4 is 11.8 Å². The SMILES string of the molecule is COCO[C@H](/C(C)=C/[C@@H](C)C(C)=O)[C@H](C)[C@@H]1OC(c2ccc(OC)cc2)O[C@H]([C@@H](OCOC)C(=O)OC)[C@@H]1C. The number of carbonyl (C=O) groups excluding carboxylic acids is 2. The lowest BCUT2D eigenvalue weighted by Gasteiger charge is -2.46. The van der Waals surface area contributed by atoms with Gasteiger partial charge in [-0.1, -0.05) is 39.0 Å². The lowest BCUT2D eigenvalue weighted by Crippen LogP contribution is -2.54. The van der Waals surface area contributed by atoms with E-state index in [1.165, 1.54) is 14.2 Å². The third kappa shape index (κ3) is 8.83. The lowest BCUT2D eigenvalue weighted by molar-refractivity contribution is -0.307. The maximum absolute atomic E-state index is 12.8. The van der Waals surface area contributed by atoms with Crippen molar-refractivity contribution in [1.82, 2.24) is 0 Å². The summed E-state index contributed by atoms with van der Waals surface area (Å²) in [6, 6.07) is 7.32. The zero-order valence-corrected chi connectivity index (χ0v) is 24.5. The average molecular weight is 553 g/mol. The first-order valence-corrected chi connectivity index (χ1v) is 13.0. The van der Waals surface area contributed by atoms with E-state index in [0.717, 1.165) is 11.1 Å². The minimum absolute atomic E-state index is 0.0547. The predicted octanol–water partition coefficient (Wildman–Crippen LogP) is 4.07. The van der Waals surface area contributed by atoms with Gasteiger partial charge in [-0.05, 0) is 31.6 Å². The number of ketones is 1. The van der Waals surface area contributed by atoms with E-state index in [1.54, 1.807) is 21.1 Å². The van der Waals surface area contributed by atoms with Gasteiger partial charge >= 0.3 is 5.97 Å². The van der Waals surface area contributed by atoms with Gasteiger partial charge in [0.15, 0.2) is 12.4 Å². The van der Waals surface area contributed by atoms with Crippen molar-refractivity contribution in [3.05, 3.63) is 41.5 Å². The molecule has 39 heavy (non-hydrogen) atoms. The van der Waals surface area contributed by atoms with Crippen molar-refractivity contribution in [2.24, 2.45) is 17.8 Å². The van der Waals surface area contributed by atoms with Gasteiger partial charge in [0.1, 0.15) is 31.2 Å². The molecule has 0 aromatic heterocycles. The van der Waals surface area contributed by atoms with Crippen LogP contribution in [0.4, 0.5) is 0 Å². The number of rotatable bonds is 15. The van der Waals surface area contributed by atoms with Gasteiger partial charge < -0.3 is 37.9 Å². The number of hydrogen-bond donors (Lipinski definition) is 0. The molecule has 0 aliphatic carbocycles. The Kier molecular flexibility index (Phi) is 13.5. The van der Waals surface area contributed by atoms with E-state index in [0.29, 0.717) is 5.75 Å². The van der Waals surface area contributed by atoms with Gasteiger partial charge in [0.2, 0.25) is 0 Å². The molecule has 1 aliphatic heterocycles. The Hall–Kier alpha value is -2.34. The largest absolute Gasteiger partial charge is 0.497 e. The van der Waals surface area contributed by atoms with Crippen LogP contribution in [0.2, 0.25) is 0 Å². The molecule has 2 rings (SSSR count). The molecule has 1 fully saturated rings. The highest BCUT2D eigenvalue weighted by Gasteiger charge is 2.48. The molecule has 0 saturated carbocycles. The number of carbonyl (C=O) groups is 2. The fourth-order valence-corrected chi connectivity index (χ4v) is 4.79. The van der Waals surface area contributed by atoms with E-state index in [-0.39, 0.29) is 37.1 Å². The number of ether oxygens (including phenoxy) is 8. The van der Waals surface area contributed by atoms with Gasteiger partial charge in [-0.25, -0.2) is 4.79 Å². The van der Waals surface area contributed by atoms with Crippen LogP contribution in [-0.2, 0) is 42.7 Å². The Bertz CT molecular complexity index is 931. The highest BCUT2D eigenvalue weighted by Crippen LogP contribution is 2.41. The average Bonchev–Trinajstić information content (AvgIpc) is 2.93. The topological polar surface area (TPSA) is 108 Å². The molecule has 1 heterocycles. The summed E-state index contributed by atoms with van der Waals surface area (Å²) in [5.74, 6) is -0.678. The van der Waals surface area contributed by atoms with Crippen molar-refractivity contribution in [3.63, 3.8) is 0 Å². The van der Waals surface area contributed by atoms with Gasteiger partial charge in [0.05, 0.1) is 26.4 Å². The normalized spacial score (nSPS) is 24.9. The number of benzene rings is 1. The first kappa shape index (κ1) is 32.9. The van der Waals surface area contributed by atoms with Crippen LogP contribution >= 0.6 is 0 Å². The van der Waals surface area contributed by atoms with Crippen LogP contribution in [0.3, 0.4) is 0 Å². The molecule has 1 aliphatic rings. The second kappa shape index (κ2) is 16.1. The summed E-state index contributed by atoms with van der Waals surface area (Å²) in [7, 11) is 5.92. The molecule has 1 unspecified atom stereocenters. The smallest absolute Gasteiger partial charge is 0.337 e. The Morgan fingerprint density at radius 2 is 1.51 bits per heavy atom. The van der Waals surface area contributed by atoms with Crippen LogP contribution in [-0.4, -0.2) is 78.2 Å². The summed E-state index contributed by atoms with van der Waals surface area (Å²) in [4.78, 5) is 24.8. The number of methoxy groups -OCH3 is 4. The van der Waals surface area contributed by atoms with Gasteiger partial charge in [0, 0.05) is 37.5 Å². The van der Waals surface area contributed by atoms with Crippen molar-refractivity contribution in [2.75, 3.05) is 42.0 Å². The molecule has 0 amide bonds. The minimum atomic E-state index is -1.06. The van der Waals surface area contributed by atoms with Crippen LogP contribution in [0.1, 0.15) is 46.5 Å². The van der Waals surface area contributed by atoms with Gasteiger partial charge in [0.25, 0.3) is 0 Å². The summed E-state index contributed by atoms with van der Waals surface area (Å²) in [6.07, 6.45) is -1.59. The van der Waals surface area contributed by atoms with E-state index < -0.39 is 36.7 Å². The summed E-state index contributed by atoms with van der Waals surface area (Å²) >= 11 is 0. The van der Waals surface area contributed by atoms with Crippen LogP contribution in [0.25, 0.3) is 0 Å². The molecule has 0 radical (unpaired) electrons. The van der Waals surface area contributed by atoms with Crippen LogP contribution in [0.5, 0.6) is 5.75 Å². The second-order valence-corrected chi connectivity index (χ2v) is 9.85. The van der Waals surface area contributed by atoms with E-state index >= 15 is 0 Å². The van der Waals surface area contributed by atoms with Gasteiger partial charge in [-0.15, -0.1) is 0 Å². The quantitative estimate of drug-likeness (QED) is 0.179. The summed E-state index contributed by atoms with van der Waals surface area (Å²) in [5.41, 5.74) is 1.62. The molecule has 1 aromatic carbocycles. The lowest BCUT2D eigenvalue weighted by atomic mass is 9.81. The summed E-state index contributed by atoms with van der Waals surface area (Å²) in [6.45, 7) is 9.22. The molecular weight excluding hydrogens is 508 g/mol. The van der Waals surface area contributed by atoms with Gasteiger partial charge in [-0.3, -0.25) is 4.79 Å². The monoisotopic (exact) mass is 552 g/mol. The van der Waals surface area contributed by atoms with Crippen LogP contribution in [0, 0.1) is 17.8 Å². The highest BCUT2D eigenvalue weighted by atomic mass is 16.7. The van der Waals surface area contributed by atoms with Crippen molar-refractivity contribution in [1.29, 1.82) is 0 Å². The number of esters is 1. The minimum Gasteiger partial charge on any atom is -0.497 e. The fraction of sp³-hybridized carbons (Fsp3) is 0.655. The molecule has 10 heteroatoms. The molecule has 1 aromatic rings. The second-order valence-electron chi connectivity index (χ2n) is 9.85. The van der Waals surface area contributed by atoms with E-state index in [4.69, 9.17) is 37.9 Å². The zero-order valence-electron chi connectivity index (χ0n) is 24.5. The third-order valence-electron chi connectivity index (χ3n) is 7.05. The van der Waals surface area contributed by atoms with Crippen LogP contribution in [0.15, 0.2) is 35.9 Å². The van der Waals surface area contributed by atoms with Crippen molar-refractivity contribution in [2.45, 2.75) is 65.3 Å². The standard InChI is InChI=1S/C29H44O10/c1-17(21(5)30)14-18(2)24(36-15-32-6)19(3)25-20(4)26(27(28(31)35-9)37-16-33-7)39-29(38-25)22-10-12-23(34-8)13-11-22/h10-14,17,19-20,24-27,29H,15-16H2,1-9H3/b18-14+/t17-,19+,20-,24-,25+,26+,27-,29?/m1/s1. The fourth-order valence-electron chi connectivity index (χ4n) is 4.79. The summed E-state index contributed by atoms with van der Waals surface area (Å²) in [5, 5.41) is 0. The Balaban J connectivity index is 2.52. The van der Waals surface area contributed by atoms with Crippen LogP contribution < -0.4 is 4.74 Å². The maximum atomic E-state index is 12.8. The highest BCUT2D eigenvalue weighted by molar-refractivity contribution is 5.79. The molecule has 0 N–H and O–H groups in total. The molecule has 220 valence electrons. The zero-order chi connectivity index (χ0) is 29.1. The molecule has 8 atom stereocenters. The van der Waals surface area contributed by atoms with Crippen molar-refractivity contribution < 1.29 is 47.5 Å². The Labute approximate surface area is 231 Å². The number of allylic oxidation sites excluding steroid dienone is 1. The molecule has 1 saturated heterocycles. The third-order valence-corrected chi connectivity index (χ3v) is 7.05. The first-order valence-electron chi connectivity index (χ1n) is 13.0. The number of Topliss-reactive ketones (excluding diaryl/α,β-unsaturated/α-hetero) is 1. The first-order chi connectivity index (χ1) is 18.6. The Morgan fingerprint density at radius 3 is 2.05 bits per heavy atom. The number of hydrogen-bond acceptors (Lipinski definition) is 10. The molecule has 10 nitrogen and oxygen atoms in total. The van der Waals surface area contributed by atoms with E-state index in [2.05, 4.69) is 0 Å². The van der Waals surface area contributed by atoms with Crippen molar-refractivity contribution in [3.8, 4) is 5.75 Å². The maximum Gasteiger partial charge on any atom is 0.337 e. The molecule has 0 spiro atoms. The van der Waals surface area contributed by atoms with E-state index in [1.807, 2.05) is 58.0 Å².